The van der Waals surface area contributed by atoms with Gasteiger partial charge in [0.15, 0.2) is 0 Å². The van der Waals surface area contributed by atoms with Crippen LogP contribution in [0.1, 0.15) is 38.5 Å². The molecular formula is C14H25N3O2. The summed E-state index contributed by atoms with van der Waals surface area (Å²) in [5.74, 6) is 0.344. The zero-order valence-electron chi connectivity index (χ0n) is 12.0. The predicted octanol–water partition coefficient (Wildman–Crippen LogP) is 0.598. The number of carbonyl (C=O) groups is 2. The van der Waals surface area contributed by atoms with Crippen molar-refractivity contribution in [3.8, 4) is 0 Å². The molecule has 2 aliphatic rings. The predicted molar refractivity (Wildman–Crippen MR) is 73.7 cm³/mol. The van der Waals surface area contributed by atoms with Crippen molar-refractivity contribution in [1.29, 1.82) is 0 Å². The molecule has 19 heavy (non-hydrogen) atoms. The molecule has 1 N–H and O–H groups in total. The van der Waals surface area contributed by atoms with E-state index in [1.165, 1.54) is 0 Å². The highest BCUT2D eigenvalue weighted by Gasteiger charge is 2.37. The highest BCUT2D eigenvalue weighted by atomic mass is 16.2. The van der Waals surface area contributed by atoms with Gasteiger partial charge >= 0.3 is 0 Å². The largest absolute Gasteiger partial charge is 0.349 e. The van der Waals surface area contributed by atoms with Crippen LogP contribution in [0, 0.1) is 0 Å². The maximum atomic E-state index is 12.3. The van der Waals surface area contributed by atoms with Crippen molar-refractivity contribution in [2.75, 3.05) is 27.2 Å². The molecule has 2 rings (SSSR count). The molecule has 2 aliphatic heterocycles. The first-order valence-corrected chi connectivity index (χ1v) is 7.31. The molecule has 0 aromatic carbocycles. The molecule has 0 aliphatic carbocycles. The molecule has 0 saturated carbocycles. The van der Waals surface area contributed by atoms with Crippen LogP contribution in [0.2, 0.25) is 0 Å². The van der Waals surface area contributed by atoms with Gasteiger partial charge in [0, 0.05) is 45.6 Å². The Morgan fingerprint density at radius 2 is 1.89 bits per heavy atom. The number of nitrogens with one attached hydrogen (secondary N) is 1. The first-order valence-electron chi connectivity index (χ1n) is 7.31. The monoisotopic (exact) mass is 267 g/mol. The first kappa shape index (κ1) is 14.3. The van der Waals surface area contributed by atoms with Crippen molar-refractivity contribution in [2.24, 2.45) is 0 Å². The van der Waals surface area contributed by atoms with Crippen LogP contribution in [-0.2, 0) is 9.59 Å². The van der Waals surface area contributed by atoms with Gasteiger partial charge in [-0.15, -0.1) is 0 Å². The van der Waals surface area contributed by atoms with Gasteiger partial charge in [-0.1, -0.05) is 0 Å². The van der Waals surface area contributed by atoms with Crippen LogP contribution in [-0.4, -0.2) is 60.9 Å². The minimum atomic E-state index is 0.105. The number of rotatable bonds is 4. The Kier molecular flexibility index (Phi) is 4.80. The Morgan fingerprint density at radius 1 is 1.16 bits per heavy atom. The van der Waals surface area contributed by atoms with E-state index >= 15 is 0 Å². The maximum Gasteiger partial charge on any atom is 0.223 e. The molecule has 2 fully saturated rings. The molecule has 2 heterocycles. The molecule has 5 heteroatoms. The first-order chi connectivity index (χ1) is 9.09. The summed E-state index contributed by atoms with van der Waals surface area (Å²) in [6.07, 6.45) is 4.99. The van der Waals surface area contributed by atoms with E-state index in [0.717, 1.165) is 32.4 Å². The molecule has 2 amide bonds. The second-order valence-electron chi connectivity index (χ2n) is 5.82. The van der Waals surface area contributed by atoms with Crippen molar-refractivity contribution in [3.63, 3.8) is 0 Å². The molecule has 2 bridgehead atoms. The van der Waals surface area contributed by atoms with Crippen molar-refractivity contribution in [1.82, 2.24) is 15.1 Å². The highest BCUT2D eigenvalue weighted by Crippen LogP contribution is 2.28. The zero-order valence-corrected chi connectivity index (χ0v) is 12.0. The number of amides is 2. The third-order valence-electron chi connectivity index (χ3n) is 4.22. The average molecular weight is 267 g/mol. The smallest absolute Gasteiger partial charge is 0.223 e. The van der Waals surface area contributed by atoms with Gasteiger partial charge < -0.3 is 15.1 Å². The lowest BCUT2D eigenvalue weighted by atomic mass is 10.1. The van der Waals surface area contributed by atoms with E-state index in [1.54, 1.807) is 19.0 Å². The SMILES string of the molecule is CN(C)C(=O)CCCC(=O)N1C2CCNCC1CC2. The number of nitrogens with zero attached hydrogens (tertiary/aromatic N) is 2. The third-order valence-corrected chi connectivity index (χ3v) is 4.22. The Morgan fingerprint density at radius 3 is 2.63 bits per heavy atom. The second kappa shape index (κ2) is 6.37. The van der Waals surface area contributed by atoms with E-state index < -0.39 is 0 Å². The Hall–Kier alpha value is -1.10. The van der Waals surface area contributed by atoms with Crippen LogP contribution in [0.5, 0.6) is 0 Å². The summed E-state index contributed by atoms with van der Waals surface area (Å²) < 4.78 is 0. The van der Waals surface area contributed by atoms with Crippen LogP contribution in [0.3, 0.4) is 0 Å². The molecule has 2 atom stereocenters. The summed E-state index contributed by atoms with van der Waals surface area (Å²) in [6, 6.07) is 0.807. The van der Waals surface area contributed by atoms with Gasteiger partial charge in [-0.3, -0.25) is 9.59 Å². The molecule has 5 nitrogen and oxygen atoms in total. The fourth-order valence-electron chi connectivity index (χ4n) is 3.13. The molecule has 2 unspecified atom stereocenters. The van der Waals surface area contributed by atoms with Gasteiger partial charge in [0.2, 0.25) is 11.8 Å². The standard InChI is InChI=1S/C14H25N3O2/c1-16(2)13(18)4-3-5-14(19)17-11-6-7-12(17)10-15-9-8-11/h11-12,15H,3-10H2,1-2H3. The lowest BCUT2D eigenvalue weighted by Gasteiger charge is -2.28. The van der Waals surface area contributed by atoms with Gasteiger partial charge in [0.05, 0.1) is 0 Å². The normalized spacial score (nSPS) is 26.1. The van der Waals surface area contributed by atoms with Crippen LogP contribution in [0.25, 0.3) is 0 Å². The minimum absolute atomic E-state index is 0.105. The number of fused-ring (bicyclic) bond motifs is 2. The van der Waals surface area contributed by atoms with E-state index in [2.05, 4.69) is 10.2 Å². The Balaban J connectivity index is 1.81. The van der Waals surface area contributed by atoms with E-state index in [9.17, 15) is 9.59 Å². The molecular weight excluding hydrogens is 242 g/mol. The summed E-state index contributed by atoms with van der Waals surface area (Å²) in [5.41, 5.74) is 0. The fraction of sp³-hybridized carbons (Fsp3) is 0.857. The summed E-state index contributed by atoms with van der Waals surface area (Å²) in [7, 11) is 3.51. The van der Waals surface area contributed by atoms with Gasteiger partial charge in [0.1, 0.15) is 0 Å². The minimum Gasteiger partial charge on any atom is -0.349 e. The van der Waals surface area contributed by atoms with Crippen molar-refractivity contribution >= 4 is 11.8 Å². The molecule has 0 radical (unpaired) electrons. The van der Waals surface area contributed by atoms with Crippen molar-refractivity contribution < 1.29 is 9.59 Å². The average Bonchev–Trinajstić information content (AvgIpc) is 2.62. The van der Waals surface area contributed by atoms with E-state index in [-0.39, 0.29) is 11.8 Å². The van der Waals surface area contributed by atoms with Crippen LogP contribution < -0.4 is 5.32 Å². The third kappa shape index (κ3) is 3.47. The van der Waals surface area contributed by atoms with Crippen LogP contribution in [0.4, 0.5) is 0 Å². The maximum absolute atomic E-state index is 12.3. The van der Waals surface area contributed by atoms with Gasteiger partial charge in [-0.25, -0.2) is 0 Å². The molecule has 0 aromatic rings. The summed E-state index contributed by atoms with van der Waals surface area (Å²) in [4.78, 5) is 27.5. The lowest BCUT2D eigenvalue weighted by Crippen LogP contribution is -2.42. The molecule has 2 saturated heterocycles. The molecule has 0 spiro atoms. The fourth-order valence-corrected chi connectivity index (χ4v) is 3.13. The Bertz CT molecular complexity index is 330. The summed E-state index contributed by atoms with van der Waals surface area (Å²) in [5, 5.41) is 3.40. The van der Waals surface area contributed by atoms with E-state index in [0.29, 0.717) is 31.3 Å². The van der Waals surface area contributed by atoms with Gasteiger partial charge in [-0.05, 0) is 32.2 Å². The van der Waals surface area contributed by atoms with Gasteiger partial charge in [-0.2, -0.15) is 0 Å². The highest BCUT2D eigenvalue weighted by molar-refractivity contribution is 5.79. The molecule has 0 aromatic heterocycles. The van der Waals surface area contributed by atoms with Gasteiger partial charge in [0.25, 0.3) is 0 Å². The topological polar surface area (TPSA) is 52.7 Å². The quantitative estimate of drug-likeness (QED) is 0.811. The van der Waals surface area contributed by atoms with Crippen LogP contribution >= 0.6 is 0 Å². The van der Waals surface area contributed by atoms with E-state index in [1.807, 2.05) is 0 Å². The van der Waals surface area contributed by atoms with Crippen molar-refractivity contribution in [3.05, 3.63) is 0 Å². The van der Waals surface area contributed by atoms with E-state index in [4.69, 9.17) is 0 Å². The number of carbonyl (C=O) groups excluding carboxylic acids is 2. The number of hydrogen-bond donors (Lipinski definition) is 1. The zero-order chi connectivity index (χ0) is 13.8. The van der Waals surface area contributed by atoms with Crippen molar-refractivity contribution in [2.45, 2.75) is 50.6 Å². The second-order valence-corrected chi connectivity index (χ2v) is 5.82. The molecule has 108 valence electrons. The van der Waals surface area contributed by atoms with Crippen LogP contribution in [0.15, 0.2) is 0 Å². The Labute approximate surface area is 115 Å². The summed E-state index contributed by atoms with van der Waals surface area (Å²) >= 11 is 0. The number of hydrogen-bond acceptors (Lipinski definition) is 3. The summed E-state index contributed by atoms with van der Waals surface area (Å²) in [6.45, 7) is 1.95. The lowest BCUT2D eigenvalue weighted by molar-refractivity contribution is -0.134.